The molecule has 1 unspecified atom stereocenters. The van der Waals surface area contributed by atoms with Crippen LogP contribution in [-0.4, -0.2) is 18.8 Å². The van der Waals surface area contributed by atoms with Crippen molar-refractivity contribution >= 4 is 0 Å². The fourth-order valence-electron chi connectivity index (χ4n) is 1.78. The Bertz CT molecular complexity index is 350. The van der Waals surface area contributed by atoms with E-state index in [1.165, 1.54) is 12.8 Å². The van der Waals surface area contributed by atoms with Gasteiger partial charge in [-0.2, -0.15) is 0 Å². The summed E-state index contributed by atoms with van der Waals surface area (Å²) in [6, 6.07) is 5.62. The van der Waals surface area contributed by atoms with Gasteiger partial charge in [-0.1, -0.05) is 32.8 Å². The summed E-state index contributed by atoms with van der Waals surface area (Å²) in [5.41, 5.74) is 0.871. The summed E-state index contributed by atoms with van der Waals surface area (Å²) >= 11 is 0. The number of benzene rings is 1. The van der Waals surface area contributed by atoms with E-state index in [1.54, 1.807) is 7.11 Å². The second-order valence-corrected chi connectivity index (χ2v) is 4.39. The molecular weight excluding hydrogens is 228 g/mol. The van der Waals surface area contributed by atoms with Gasteiger partial charge in [0.25, 0.3) is 0 Å². The molecule has 0 amide bonds. The predicted octanol–water partition coefficient (Wildman–Crippen LogP) is 3.71. The molecule has 0 heterocycles. The Morgan fingerprint density at radius 2 is 1.94 bits per heavy atom. The molecule has 1 N–H and O–H groups in total. The van der Waals surface area contributed by atoms with E-state index in [1.807, 2.05) is 25.1 Å². The molecule has 102 valence electrons. The van der Waals surface area contributed by atoms with Crippen LogP contribution in [-0.2, 0) is 0 Å². The second kappa shape index (κ2) is 7.98. The van der Waals surface area contributed by atoms with Gasteiger partial charge in [0.05, 0.1) is 19.8 Å². The normalized spacial score (nSPS) is 12.2. The van der Waals surface area contributed by atoms with Crippen molar-refractivity contribution in [2.45, 2.75) is 45.6 Å². The van der Waals surface area contributed by atoms with Crippen LogP contribution in [0.3, 0.4) is 0 Å². The summed E-state index contributed by atoms with van der Waals surface area (Å²) in [5, 5.41) is 9.79. The standard InChI is InChI=1S/C15H24O3/c1-4-6-7-10-18-14-9-8-12(13(16)5-2)11-15(14)17-3/h8-9,11,13,16H,4-7,10H2,1-3H3. The molecule has 3 heteroatoms. The molecule has 0 radical (unpaired) electrons. The van der Waals surface area contributed by atoms with E-state index in [0.717, 1.165) is 17.7 Å². The molecule has 0 aromatic heterocycles. The fourth-order valence-corrected chi connectivity index (χ4v) is 1.78. The summed E-state index contributed by atoms with van der Waals surface area (Å²) in [6.45, 7) is 4.83. The number of ether oxygens (including phenoxy) is 2. The third kappa shape index (κ3) is 4.22. The summed E-state index contributed by atoms with van der Waals surface area (Å²) in [7, 11) is 1.62. The molecule has 1 aromatic carbocycles. The van der Waals surface area contributed by atoms with Crippen LogP contribution in [0.15, 0.2) is 18.2 Å². The number of methoxy groups -OCH3 is 1. The molecular formula is C15H24O3. The Morgan fingerprint density at radius 3 is 2.56 bits per heavy atom. The van der Waals surface area contributed by atoms with E-state index in [0.29, 0.717) is 18.8 Å². The molecule has 3 nitrogen and oxygen atoms in total. The van der Waals surface area contributed by atoms with E-state index in [9.17, 15) is 5.11 Å². The second-order valence-electron chi connectivity index (χ2n) is 4.39. The Balaban J connectivity index is 2.68. The zero-order valence-corrected chi connectivity index (χ0v) is 11.6. The number of unbranched alkanes of at least 4 members (excludes halogenated alkanes) is 2. The lowest BCUT2D eigenvalue weighted by Crippen LogP contribution is -2.01. The number of hydrogen-bond acceptors (Lipinski definition) is 3. The van der Waals surface area contributed by atoms with Gasteiger partial charge in [-0.05, 0) is 30.5 Å². The van der Waals surface area contributed by atoms with Crippen molar-refractivity contribution in [3.63, 3.8) is 0 Å². The van der Waals surface area contributed by atoms with Gasteiger partial charge in [0.15, 0.2) is 11.5 Å². The largest absolute Gasteiger partial charge is 0.493 e. The Kier molecular flexibility index (Phi) is 6.58. The highest BCUT2D eigenvalue weighted by molar-refractivity contribution is 5.43. The van der Waals surface area contributed by atoms with Gasteiger partial charge in [0.2, 0.25) is 0 Å². The fraction of sp³-hybridized carbons (Fsp3) is 0.600. The topological polar surface area (TPSA) is 38.7 Å². The zero-order valence-electron chi connectivity index (χ0n) is 11.6. The van der Waals surface area contributed by atoms with Crippen molar-refractivity contribution in [2.75, 3.05) is 13.7 Å². The average molecular weight is 252 g/mol. The van der Waals surface area contributed by atoms with Crippen molar-refractivity contribution < 1.29 is 14.6 Å². The van der Waals surface area contributed by atoms with Gasteiger partial charge in [-0.15, -0.1) is 0 Å². The quantitative estimate of drug-likeness (QED) is 0.717. The van der Waals surface area contributed by atoms with Crippen LogP contribution in [0.1, 0.15) is 51.2 Å². The summed E-state index contributed by atoms with van der Waals surface area (Å²) in [5.74, 6) is 1.44. The highest BCUT2D eigenvalue weighted by atomic mass is 16.5. The summed E-state index contributed by atoms with van der Waals surface area (Å²) in [4.78, 5) is 0. The first-order chi connectivity index (χ1) is 8.72. The molecule has 18 heavy (non-hydrogen) atoms. The molecule has 0 aliphatic rings. The molecule has 0 saturated carbocycles. The highest BCUT2D eigenvalue weighted by Gasteiger charge is 2.10. The van der Waals surface area contributed by atoms with Gasteiger partial charge in [0.1, 0.15) is 0 Å². The number of aliphatic hydroxyl groups is 1. The van der Waals surface area contributed by atoms with Gasteiger partial charge < -0.3 is 14.6 Å². The lowest BCUT2D eigenvalue weighted by molar-refractivity contribution is 0.173. The van der Waals surface area contributed by atoms with Gasteiger partial charge in [-0.25, -0.2) is 0 Å². The number of rotatable bonds is 8. The van der Waals surface area contributed by atoms with Crippen molar-refractivity contribution in [3.8, 4) is 11.5 Å². The lowest BCUT2D eigenvalue weighted by atomic mass is 10.1. The maximum Gasteiger partial charge on any atom is 0.161 e. The third-order valence-electron chi connectivity index (χ3n) is 2.96. The molecule has 1 rings (SSSR count). The van der Waals surface area contributed by atoms with Crippen LogP contribution < -0.4 is 9.47 Å². The first-order valence-electron chi connectivity index (χ1n) is 6.71. The van der Waals surface area contributed by atoms with Crippen LogP contribution in [0, 0.1) is 0 Å². The van der Waals surface area contributed by atoms with Crippen LogP contribution in [0.5, 0.6) is 11.5 Å². The van der Waals surface area contributed by atoms with Crippen LogP contribution in [0.25, 0.3) is 0 Å². The Labute approximate surface area is 110 Å². The number of hydrogen-bond donors (Lipinski definition) is 1. The minimum Gasteiger partial charge on any atom is -0.493 e. The highest BCUT2D eigenvalue weighted by Crippen LogP contribution is 2.31. The smallest absolute Gasteiger partial charge is 0.161 e. The third-order valence-corrected chi connectivity index (χ3v) is 2.96. The first kappa shape index (κ1) is 14.8. The minimum atomic E-state index is -0.437. The molecule has 0 aliphatic heterocycles. The van der Waals surface area contributed by atoms with E-state index in [4.69, 9.17) is 9.47 Å². The van der Waals surface area contributed by atoms with Crippen LogP contribution >= 0.6 is 0 Å². The molecule has 0 bridgehead atoms. The minimum absolute atomic E-state index is 0.437. The SMILES string of the molecule is CCCCCOc1ccc(C(O)CC)cc1OC. The van der Waals surface area contributed by atoms with Gasteiger partial charge >= 0.3 is 0 Å². The predicted molar refractivity (Wildman–Crippen MR) is 73.3 cm³/mol. The average Bonchev–Trinajstić information content (AvgIpc) is 2.42. The molecule has 0 aliphatic carbocycles. The molecule has 0 fully saturated rings. The monoisotopic (exact) mass is 252 g/mol. The van der Waals surface area contributed by atoms with Gasteiger partial charge in [-0.3, -0.25) is 0 Å². The van der Waals surface area contributed by atoms with Crippen molar-refractivity contribution in [2.24, 2.45) is 0 Å². The number of aliphatic hydroxyl groups excluding tert-OH is 1. The van der Waals surface area contributed by atoms with Gasteiger partial charge in [0, 0.05) is 0 Å². The molecule has 1 atom stereocenters. The maximum absolute atomic E-state index is 9.79. The van der Waals surface area contributed by atoms with E-state index in [2.05, 4.69) is 6.92 Å². The first-order valence-corrected chi connectivity index (χ1v) is 6.71. The molecule has 1 aromatic rings. The Hall–Kier alpha value is -1.22. The lowest BCUT2D eigenvalue weighted by Gasteiger charge is -2.14. The Morgan fingerprint density at radius 1 is 1.17 bits per heavy atom. The zero-order chi connectivity index (χ0) is 13.4. The van der Waals surface area contributed by atoms with Crippen molar-refractivity contribution in [1.29, 1.82) is 0 Å². The van der Waals surface area contributed by atoms with E-state index < -0.39 is 6.10 Å². The van der Waals surface area contributed by atoms with E-state index >= 15 is 0 Å². The maximum atomic E-state index is 9.79. The van der Waals surface area contributed by atoms with Crippen LogP contribution in [0.2, 0.25) is 0 Å². The summed E-state index contributed by atoms with van der Waals surface area (Å²) in [6.07, 6.45) is 3.67. The molecule has 0 spiro atoms. The summed E-state index contributed by atoms with van der Waals surface area (Å²) < 4.78 is 11.0. The van der Waals surface area contributed by atoms with Crippen molar-refractivity contribution in [1.82, 2.24) is 0 Å². The van der Waals surface area contributed by atoms with Crippen molar-refractivity contribution in [3.05, 3.63) is 23.8 Å². The van der Waals surface area contributed by atoms with Crippen LogP contribution in [0.4, 0.5) is 0 Å². The van der Waals surface area contributed by atoms with E-state index in [-0.39, 0.29) is 0 Å². The molecule has 0 saturated heterocycles.